The van der Waals surface area contributed by atoms with Crippen molar-refractivity contribution >= 4 is 5.91 Å². The highest BCUT2D eigenvalue weighted by Crippen LogP contribution is 2.29. The number of hydrogen-bond acceptors (Lipinski definition) is 2. The fraction of sp³-hybridized carbons (Fsp3) is 0.909. The summed E-state index contributed by atoms with van der Waals surface area (Å²) < 4.78 is 36.4. The molecule has 17 heavy (non-hydrogen) atoms. The Morgan fingerprint density at radius 3 is 2.41 bits per heavy atom. The summed E-state index contributed by atoms with van der Waals surface area (Å²) in [7, 11) is 0. The largest absolute Gasteiger partial charge is 0.391 e. The molecule has 0 saturated carbocycles. The van der Waals surface area contributed by atoms with Crippen LogP contribution in [0.25, 0.3) is 0 Å². The predicted molar refractivity (Wildman–Crippen MR) is 58.5 cm³/mol. The van der Waals surface area contributed by atoms with Crippen molar-refractivity contribution in [1.82, 2.24) is 10.6 Å². The molecule has 1 rings (SSSR count). The Bertz CT molecular complexity index is 272. The summed E-state index contributed by atoms with van der Waals surface area (Å²) >= 11 is 0. The van der Waals surface area contributed by atoms with Crippen LogP contribution in [-0.4, -0.2) is 31.2 Å². The van der Waals surface area contributed by atoms with E-state index in [4.69, 9.17) is 0 Å². The van der Waals surface area contributed by atoms with Crippen molar-refractivity contribution < 1.29 is 18.0 Å². The van der Waals surface area contributed by atoms with Gasteiger partial charge in [0.15, 0.2) is 0 Å². The van der Waals surface area contributed by atoms with E-state index in [1.165, 1.54) is 6.92 Å². The van der Waals surface area contributed by atoms with Gasteiger partial charge in [0.05, 0.1) is 6.42 Å². The van der Waals surface area contributed by atoms with Crippen molar-refractivity contribution in [3.63, 3.8) is 0 Å². The summed E-state index contributed by atoms with van der Waals surface area (Å²) in [5, 5.41) is 5.59. The molecule has 1 saturated heterocycles. The van der Waals surface area contributed by atoms with E-state index in [2.05, 4.69) is 10.6 Å². The molecule has 6 heteroatoms. The summed E-state index contributed by atoms with van der Waals surface area (Å²) in [6.45, 7) is 4.66. The zero-order valence-corrected chi connectivity index (χ0v) is 10.2. The van der Waals surface area contributed by atoms with E-state index >= 15 is 0 Å². The number of halogens is 3. The number of carbonyl (C=O) groups excluding carboxylic acids is 1. The molecule has 1 unspecified atom stereocenters. The summed E-state index contributed by atoms with van der Waals surface area (Å²) in [5.41, 5.74) is -0.537. The lowest BCUT2D eigenvalue weighted by molar-refractivity contribution is -0.144. The van der Waals surface area contributed by atoms with Gasteiger partial charge in [-0.3, -0.25) is 4.79 Å². The molecule has 1 amide bonds. The van der Waals surface area contributed by atoms with E-state index in [1.54, 1.807) is 0 Å². The third kappa shape index (κ3) is 4.53. The van der Waals surface area contributed by atoms with E-state index < -0.39 is 24.1 Å². The number of rotatable bonds is 3. The first-order valence-corrected chi connectivity index (χ1v) is 5.81. The van der Waals surface area contributed by atoms with Gasteiger partial charge in [0, 0.05) is 11.5 Å². The smallest absolute Gasteiger partial charge is 0.353 e. The van der Waals surface area contributed by atoms with E-state index in [0.29, 0.717) is 12.8 Å². The number of hydrogen-bond donors (Lipinski definition) is 2. The van der Waals surface area contributed by atoms with Crippen LogP contribution in [0, 0.1) is 5.41 Å². The number of carbonyl (C=O) groups is 1. The van der Waals surface area contributed by atoms with Gasteiger partial charge in [-0.2, -0.15) is 13.2 Å². The lowest BCUT2D eigenvalue weighted by atomic mass is 9.80. The minimum absolute atomic E-state index is 0.268. The van der Waals surface area contributed by atoms with Crippen LogP contribution in [0.3, 0.4) is 0 Å². The van der Waals surface area contributed by atoms with Crippen molar-refractivity contribution in [2.45, 2.75) is 45.3 Å². The second-order valence-corrected chi connectivity index (χ2v) is 5.00. The van der Waals surface area contributed by atoms with Crippen LogP contribution >= 0.6 is 0 Å². The van der Waals surface area contributed by atoms with Crippen molar-refractivity contribution in [3.05, 3.63) is 0 Å². The molecule has 100 valence electrons. The molecule has 1 heterocycles. The molecule has 0 spiro atoms. The van der Waals surface area contributed by atoms with Gasteiger partial charge in [0.1, 0.15) is 0 Å². The highest BCUT2D eigenvalue weighted by Gasteiger charge is 2.37. The van der Waals surface area contributed by atoms with Crippen molar-refractivity contribution in [2.75, 3.05) is 13.1 Å². The Kier molecular flexibility index (Phi) is 4.41. The second kappa shape index (κ2) is 5.25. The van der Waals surface area contributed by atoms with E-state index in [0.717, 1.165) is 13.1 Å². The van der Waals surface area contributed by atoms with E-state index in [9.17, 15) is 18.0 Å². The van der Waals surface area contributed by atoms with Crippen LogP contribution in [0.2, 0.25) is 0 Å². The highest BCUT2D eigenvalue weighted by atomic mass is 19.4. The van der Waals surface area contributed by atoms with Crippen LogP contribution < -0.4 is 10.6 Å². The first-order valence-electron chi connectivity index (χ1n) is 5.81. The molecule has 1 fully saturated rings. The fourth-order valence-corrected chi connectivity index (χ4v) is 2.00. The molecule has 2 N–H and O–H groups in total. The first kappa shape index (κ1) is 14.3. The van der Waals surface area contributed by atoms with Crippen LogP contribution in [0.15, 0.2) is 0 Å². The number of nitrogens with one attached hydrogen (secondary N) is 2. The summed E-state index contributed by atoms with van der Waals surface area (Å²) in [6, 6.07) is -0.866. The molecule has 0 aliphatic carbocycles. The molecule has 0 radical (unpaired) electrons. The van der Waals surface area contributed by atoms with Crippen LogP contribution in [0.5, 0.6) is 0 Å². The molecule has 1 aliphatic rings. The predicted octanol–water partition coefficient (Wildman–Crippen LogP) is 1.83. The monoisotopic (exact) mass is 252 g/mol. The molecular weight excluding hydrogens is 233 g/mol. The lowest BCUT2D eigenvalue weighted by Crippen LogP contribution is -2.48. The molecule has 3 nitrogen and oxygen atoms in total. The SMILES string of the molecule is CC(CC(F)(F)F)NC(=O)C1(C)CCNCC1. The highest BCUT2D eigenvalue weighted by molar-refractivity contribution is 5.82. The lowest BCUT2D eigenvalue weighted by Gasteiger charge is -2.33. The zero-order valence-electron chi connectivity index (χ0n) is 10.2. The zero-order chi connectivity index (χ0) is 13.1. The van der Waals surface area contributed by atoms with Gasteiger partial charge in [-0.25, -0.2) is 0 Å². The topological polar surface area (TPSA) is 41.1 Å². The van der Waals surface area contributed by atoms with Crippen molar-refractivity contribution in [3.8, 4) is 0 Å². The molecule has 1 aliphatic heterocycles. The standard InChI is InChI=1S/C11H19F3N2O/c1-8(7-11(12,13)14)16-9(17)10(2)3-5-15-6-4-10/h8,15H,3-7H2,1-2H3,(H,16,17). The Morgan fingerprint density at radius 1 is 1.41 bits per heavy atom. The number of piperidine rings is 1. The molecule has 0 aromatic heterocycles. The Hall–Kier alpha value is -0.780. The molecule has 0 bridgehead atoms. The number of alkyl halides is 3. The Labute approximate surface area is 99.1 Å². The third-order valence-corrected chi connectivity index (χ3v) is 3.17. The summed E-state index contributed by atoms with van der Waals surface area (Å²) in [5.74, 6) is -0.268. The van der Waals surface area contributed by atoms with Gasteiger partial charge in [-0.05, 0) is 32.9 Å². The second-order valence-electron chi connectivity index (χ2n) is 5.00. The van der Waals surface area contributed by atoms with Crippen LogP contribution in [-0.2, 0) is 4.79 Å². The maximum Gasteiger partial charge on any atom is 0.391 e. The van der Waals surface area contributed by atoms with Crippen LogP contribution in [0.1, 0.15) is 33.1 Å². The Balaban J connectivity index is 2.47. The summed E-state index contributed by atoms with van der Waals surface area (Å²) in [6.07, 6.45) is -3.88. The van der Waals surface area contributed by atoms with Crippen molar-refractivity contribution in [2.24, 2.45) is 5.41 Å². The Morgan fingerprint density at radius 2 is 1.94 bits per heavy atom. The first-order chi connectivity index (χ1) is 7.73. The molecule has 0 aromatic carbocycles. The quantitative estimate of drug-likeness (QED) is 0.804. The average Bonchev–Trinajstić information content (AvgIpc) is 2.15. The normalized spacial score (nSPS) is 21.9. The van der Waals surface area contributed by atoms with E-state index in [-0.39, 0.29) is 5.91 Å². The average molecular weight is 252 g/mol. The van der Waals surface area contributed by atoms with Gasteiger partial charge in [-0.15, -0.1) is 0 Å². The minimum atomic E-state index is -4.23. The maximum absolute atomic E-state index is 12.1. The minimum Gasteiger partial charge on any atom is -0.353 e. The van der Waals surface area contributed by atoms with Gasteiger partial charge in [0.2, 0.25) is 5.91 Å². The van der Waals surface area contributed by atoms with Gasteiger partial charge in [0.25, 0.3) is 0 Å². The third-order valence-electron chi connectivity index (χ3n) is 3.17. The molecular formula is C11H19F3N2O. The van der Waals surface area contributed by atoms with Crippen molar-refractivity contribution in [1.29, 1.82) is 0 Å². The van der Waals surface area contributed by atoms with Gasteiger partial charge < -0.3 is 10.6 Å². The van der Waals surface area contributed by atoms with Gasteiger partial charge in [-0.1, -0.05) is 6.92 Å². The maximum atomic E-state index is 12.1. The molecule has 1 atom stereocenters. The van der Waals surface area contributed by atoms with Gasteiger partial charge >= 0.3 is 6.18 Å². The summed E-state index contributed by atoms with van der Waals surface area (Å²) in [4.78, 5) is 11.9. The fourth-order valence-electron chi connectivity index (χ4n) is 2.00. The molecule has 0 aromatic rings. The van der Waals surface area contributed by atoms with Crippen LogP contribution in [0.4, 0.5) is 13.2 Å². The number of amides is 1. The van der Waals surface area contributed by atoms with E-state index in [1.807, 2.05) is 6.92 Å².